The van der Waals surface area contributed by atoms with Crippen LogP contribution < -0.4 is 4.90 Å². The van der Waals surface area contributed by atoms with E-state index in [0.717, 1.165) is 22.6 Å². The molecule has 1 spiro atoms. The summed E-state index contributed by atoms with van der Waals surface area (Å²) in [6.07, 6.45) is 0. The summed E-state index contributed by atoms with van der Waals surface area (Å²) in [4.78, 5) is 2.53. The van der Waals surface area contributed by atoms with Crippen LogP contribution in [0.15, 0.2) is 255 Å². The van der Waals surface area contributed by atoms with Gasteiger partial charge in [-0.3, -0.25) is 0 Å². The minimum absolute atomic E-state index is 0.574. The molecule has 2 aliphatic rings. The number of fused-ring (bicyclic) bond motifs is 15. The summed E-state index contributed by atoms with van der Waals surface area (Å²) in [6, 6.07) is 95.0. The molecule has 0 saturated carbocycles. The molecule has 70 heavy (non-hydrogen) atoms. The molecule has 0 fully saturated rings. The van der Waals surface area contributed by atoms with Crippen LogP contribution >= 0.6 is 11.3 Å². The summed E-state index contributed by atoms with van der Waals surface area (Å²) < 4.78 is 5.16. The highest BCUT2D eigenvalue weighted by Gasteiger charge is 2.51. The summed E-state index contributed by atoms with van der Waals surface area (Å²) in [6.45, 7) is 0. The maximum Gasteiger partial charge on any atom is 0.0755 e. The minimum atomic E-state index is -0.574. The Bertz CT molecular complexity index is 4240. The number of benzene rings is 11. The molecule has 326 valence electrons. The van der Waals surface area contributed by atoms with Crippen LogP contribution in [0, 0.1) is 0 Å². The van der Waals surface area contributed by atoms with Crippen LogP contribution in [0.25, 0.3) is 92.2 Å². The number of aromatic nitrogens is 1. The van der Waals surface area contributed by atoms with E-state index in [0.29, 0.717) is 0 Å². The first-order valence-electron chi connectivity index (χ1n) is 24.2. The van der Waals surface area contributed by atoms with E-state index in [-0.39, 0.29) is 0 Å². The van der Waals surface area contributed by atoms with Crippen LogP contribution in [0.1, 0.15) is 22.3 Å². The molecule has 1 atom stereocenters. The lowest BCUT2D eigenvalue weighted by Gasteiger charge is -2.39. The second-order valence-electron chi connectivity index (χ2n) is 18.7. The molecule has 1 unspecified atom stereocenters. The van der Waals surface area contributed by atoms with Crippen molar-refractivity contribution < 1.29 is 0 Å². The Labute approximate surface area is 410 Å². The van der Waals surface area contributed by atoms with E-state index in [1.54, 1.807) is 0 Å². The molecule has 1 aliphatic carbocycles. The third-order valence-electron chi connectivity index (χ3n) is 15.2. The zero-order chi connectivity index (χ0) is 45.9. The van der Waals surface area contributed by atoms with Crippen LogP contribution in [0.2, 0.25) is 0 Å². The van der Waals surface area contributed by atoms with E-state index >= 15 is 0 Å². The summed E-state index contributed by atoms with van der Waals surface area (Å²) in [5, 5.41) is 5.18. The lowest BCUT2D eigenvalue weighted by atomic mass is 9.65. The first-order chi connectivity index (χ1) is 34.7. The number of rotatable bonds is 6. The van der Waals surface area contributed by atoms with Crippen LogP contribution in [0.4, 0.5) is 17.1 Å². The molecule has 13 aromatic rings. The van der Waals surface area contributed by atoms with Crippen LogP contribution in [-0.4, -0.2) is 4.57 Å². The first-order valence-corrected chi connectivity index (χ1v) is 25.0. The lowest BCUT2D eigenvalue weighted by Crippen LogP contribution is -2.33. The normalized spacial score (nSPS) is 14.3. The zero-order valence-electron chi connectivity index (χ0n) is 38.1. The predicted octanol–water partition coefficient (Wildman–Crippen LogP) is 18.3. The van der Waals surface area contributed by atoms with Gasteiger partial charge in [0.05, 0.1) is 33.5 Å². The Hall–Kier alpha value is -8.76. The van der Waals surface area contributed by atoms with Gasteiger partial charge in [0.15, 0.2) is 0 Å². The highest BCUT2D eigenvalue weighted by molar-refractivity contribution is 7.25. The maximum absolute atomic E-state index is 2.53. The van der Waals surface area contributed by atoms with Crippen LogP contribution in [0.3, 0.4) is 0 Å². The molecule has 11 aromatic carbocycles. The highest BCUT2D eigenvalue weighted by Crippen LogP contribution is 2.63. The Balaban J connectivity index is 0.974. The molecular weight excluding hydrogens is 865 g/mol. The number of para-hydroxylation sites is 4. The van der Waals surface area contributed by atoms with Crippen molar-refractivity contribution in [3.8, 4) is 50.2 Å². The summed E-state index contributed by atoms with van der Waals surface area (Å²) in [5.74, 6) is 0. The third kappa shape index (κ3) is 5.49. The van der Waals surface area contributed by atoms with Gasteiger partial charge in [-0.25, -0.2) is 0 Å². The molecule has 2 aromatic heterocycles. The topological polar surface area (TPSA) is 8.17 Å². The van der Waals surface area contributed by atoms with Gasteiger partial charge in [0.25, 0.3) is 0 Å². The van der Waals surface area contributed by atoms with Crippen molar-refractivity contribution in [3.05, 3.63) is 277 Å². The van der Waals surface area contributed by atoms with Crippen molar-refractivity contribution in [1.82, 2.24) is 4.57 Å². The van der Waals surface area contributed by atoms with Crippen LogP contribution in [-0.2, 0) is 5.41 Å². The average molecular weight is 907 g/mol. The van der Waals surface area contributed by atoms with Gasteiger partial charge in [0.1, 0.15) is 0 Å². The summed E-state index contributed by atoms with van der Waals surface area (Å²) >= 11 is 1.86. The molecule has 1 aliphatic heterocycles. The van der Waals surface area contributed by atoms with Crippen molar-refractivity contribution in [2.75, 3.05) is 4.90 Å². The lowest BCUT2D eigenvalue weighted by molar-refractivity contribution is 0.748. The van der Waals surface area contributed by atoms with Gasteiger partial charge >= 0.3 is 0 Å². The van der Waals surface area contributed by atoms with Gasteiger partial charge in [-0.2, -0.15) is 0 Å². The number of nitrogens with zero attached hydrogens (tertiary/aromatic N) is 2. The van der Waals surface area contributed by atoms with Gasteiger partial charge in [-0.1, -0.05) is 200 Å². The minimum Gasteiger partial charge on any atom is -0.309 e. The van der Waals surface area contributed by atoms with E-state index in [1.165, 1.54) is 109 Å². The fraction of sp³-hybridized carbons (Fsp3) is 0.0149. The fourth-order valence-corrected chi connectivity index (χ4v) is 13.4. The Morgan fingerprint density at radius 1 is 0.343 bits per heavy atom. The van der Waals surface area contributed by atoms with E-state index in [2.05, 4.69) is 264 Å². The molecule has 15 rings (SSSR count). The average Bonchev–Trinajstić information content (AvgIpc) is 4.08. The van der Waals surface area contributed by atoms with E-state index < -0.39 is 5.41 Å². The van der Waals surface area contributed by atoms with Gasteiger partial charge in [-0.15, -0.1) is 11.3 Å². The summed E-state index contributed by atoms with van der Waals surface area (Å²) in [5.41, 5.74) is 21.4. The van der Waals surface area contributed by atoms with Crippen molar-refractivity contribution in [1.29, 1.82) is 0 Å². The van der Waals surface area contributed by atoms with Gasteiger partial charge in [0.2, 0.25) is 0 Å². The SMILES string of the molecule is c1ccc(-c2ccc(-c3ccccc3N(c3ccc(-c4ccc5sc6ccccc6c5c4)cc3)c3cccc4c3-c3ccccc3C43c4ccccc4-n4c5ccccc5c5cccc3c54)cc2)cc1. The van der Waals surface area contributed by atoms with Gasteiger partial charge in [-0.05, 0) is 110 Å². The smallest absolute Gasteiger partial charge is 0.0755 e. The largest absolute Gasteiger partial charge is 0.309 e. The highest BCUT2D eigenvalue weighted by atomic mass is 32.1. The standard InChI is InChI=1S/C67H42N2S/c1-2-16-43(17-3-1)44-32-34-46(35-33-44)49-18-5-10-27-59(49)68(48-39-36-45(37-40-48)47-38-41-64-54(42-47)51-20-7-13-31-63(51)70-64)62-30-15-25-57-65(62)53-21-4-8-23-55(53)67(57)56-24-9-12-29-61(56)69-60-28-11-6-19-50(60)52-22-14-26-58(67)66(52)69/h1-42H. The van der Waals surface area contributed by atoms with Crippen molar-refractivity contribution in [2.24, 2.45) is 0 Å². The molecule has 0 amide bonds. The summed E-state index contributed by atoms with van der Waals surface area (Å²) in [7, 11) is 0. The first kappa shape index (κ1) is 39.3. The Kier molecular flexibility index (Phi) is 8.48. The molecule has 0 bridgehead atoms. The van der Waals surface area contributed by atoms with Gasteiger partial charge in [0, 0.05) is 47.8 Å². The van der Waals surface area contributed by atoms with Crippen molar-refractivity contribution >= 4 is 70.4 Å². The molecule has 0 saturated heterocycles. The Morgan fingerprint density at radius 2 is 0.914 bits per heavy atom. The Morgan fingerprint density at radius 3 is 1.79 bits per heavy atom. The number of hydrogen-bond acceptors (Lipinski definition) is 2. The van der Waals surface area contributed by atoms with Crippen molar-refractivity contribution in [2.45, 2.75) is 5.41 Å². The predicted molar refractivity (Wildman–Crippen MR) is 296 cm³/mol. The van der Waals surface area contributed by atoms with Crippen LogP contribution in [0.5, 0.6) is 0 Å². The van der Waals surface area contributed by atoms with Crippen molar-refractivity contribution in [3.63, 3.8) is 0 Å². The molecular formula is C67H42N2S. The molecule has 3 heteroatoms. The molecule has 2 nitrogen and oxygen atoms in total. The molecule has 0 N–H and O–H groups in total. The van der Waals surface area contributed by atoms with E-state index in [4.69, 9.17) is 0 Å². The second-order valence-corrected chi connectivity index (χ2v) is 19.8. The maximum atomic E-state index is 2.53. The number of hydrogen-bond donors (Lipinski definition) is 0. The third-order valence-corrected chi connectivity index (χ3v) is 16.4. The molecule has 3 heterocycles. The number of thiophene rings is 1. The quantitative estimate of drug-likeness (QED) is 0.161. The van der Waals surface area contributed by atoms with E-state index in [9.17, 15) is 0 Å². The second kappa shape index (κ2) is 15.1. The monoisotopic (exact) mass is 906 g/mol. The fourth-order valence-electron chi connectivity index (χ4n) is 12.3. The molecule has 0 radical (unpaired) electrons. The van der Waals surface area contributed by atoms with E-state index in [1.807, 2.05) is 11.3 Å². The zero-order valence-corrected chi connectivity index (χ0v) is 38.9. The van der Waals surface area contributed by atoms with Gasteiger partial charge < -0.3 is 9.47 Å². The number of anilines is 3.